The molecular weight excluding hydrogens is 273 g/mol. The molecule has 0 heterocycles. The third-order valence-electron chi connectivity index (χ3n) is 3.97. The Hall–Kier alpha value is -1.85. The molecule has 100 valence electrons. The number of hydrogen-bond acceptors (Lipinski definition) is 1. The van der Waals surface area contributed by atoms with Gasteiger partial charge in [0.1, 0.15) is 5.82 Å². The normalized spacial score (nSPS) is 15.7. The number of rotatable bonds is 2. The maximum absolute atomic E-state index is 14.0. The Morgan fingerprint density at radius 2 is 1.75 bits per heavy atom. The number of hydrogen-bond donors (Lipinski definition) is 0. The first-order valence-electron chi connectivity index (χ1n) is 6.54. The predicted octanol–water partition coefficient (Wildman–Crippen LogP) is 4.33. The van der Waals surface area contributed by atoms with Gasteiger partial charge in [0.15, 0.2) is 0 Å². The Kier molecular flexibility index (Phi) is 3.23. The lowest BCUT2D eigenvalue weighted by Crippen LogP contribution is -2.23. The van der Waals surface area contributed by atoms with E-state index in [0.717, 1.165) is 0 Å². The van der Waals surface area contributed by atoms with Crippen LogP contribution < -0.4 is 0 Å². The smallest absolute Gasteiger partial charge is 0.145 e. The van der Waals surface area contributed by atoms with E-state index < -0.39 is 11.2 Å². The summed E-state index contributed by atoms with van der Waals surface area (Å²) >= 11 is 5.82. The van der Waals surface area contributed by atoms with Crippen LogP contribution in [0.4, 0.5) is 4.39 Å². The number of nitrogens with zero attached hydrogens (tertiary/aromatic N) is 1. The molecule has 0 amide bonds. The summed E-state index contributed by atoms with van der Waals surface area (Å²) in [6.07, 6.45) is 1.74. The van der Waals surface area contributed by atoms with Crippen LogP contribution >= 0.6 is 11.6 Å². The number of halogens is 2. The minimum absolute atomic E-state index is 0.117. The minimum Gasteiger partial charge on any atom is -0.205 e. The maximum atomic E-state index is 14.0. The number of fused-ring (bicyclic) bond motifs is 1. The summed E-state index contributed by atoms with van der Waals surface area (Å²) < 4.78 is 14.0. The van der Waals surface area contributed by atoms with E-state index in [2.05, 4.69) is 6.07 Å². The molecule has 0 aliphatic heterocycles. The average Bonchev–Trinajstić information content (AvgIpc) is 2.83. The third kappa shape index (κ3) is 2.19. The van der Waals surface area contributed by atoms with Gasteiger partial charge in [-0.3, -0.25) is 0 Å². The van der Waals surface area contributed by atoms with Gasteiger partial charge in [-0.2, -0.15) is 5.26 Å². The molecule has 0 unspecified atom stereocenters. The van der Waals surface area contributed by atoms with Gasteiger partial charge in [-0.05, 0) is 42.0 Å². The zero-order valence-corrected chi connectivity index (χ0v) is 11.6. The van der Waals surface area contributed by atoms with Crippen LogP contribution in [-0.4, -0.2) is 0 Å². The van der Waals surface area contributed by atoms with Crippen molar-refractivity contribution in [3.8, 4) is 6.07 Å². The Bertz CT molecular complexity index is 677. The summed E-state index contributed by atoms with van der Waals surface area (Å²) in [5.74, 6) is -0.403. The van der Waals surface area contributed by atoms with E-state index >= 15 is 0 Å². The lowest BCUT2D eigenvalue weighted by atomic mass is 9.80. The zero-order valence-electron chi connectivity index (χ0n) is 10.9. The van der Waals surface area contributed by atoms with E-state index in [1.807, 2.05) is 24.3 Å². The van der Waals surface area contributed by atoms with E-state index in [-0.39, 0.29) is 5.02 Å². The average molecular weight is 286 g/mol. The second-order valence-electron chi connectivity index (χ2n) is 5.40. The summed E-state index contributed by atoms with van der Waals surface area (Å²) in [6.45, 7) is 0. The Morgan fingerprint density at radius 3 is 2.35 bits per heavy atom. The van der Waals surface area contributed by atoms with Gasteiger partial charge in [-0.25, -0.2) is 4.39 Å². The highest BCUT2D eigenvalue weighted by molar-refractivity contribution is 6.30. The van der Waals surface area contributed by atoms with Crippen LogP contribution in [0.25, 0.3) is 0 Å². The van der Waals surface area contributed by atoms with Gasteiger partial charge < -0.3 is 0 Å². The molecule has 0 fully saturated rings. The topological polar surface area (TPSA) is 23.8 Å². The molecule has 0 saturated heterocycles. The van der Waals surface area contributed by atoms with E-state index in [0.29, 0.717) is 24.8 Å². The number of nitriles is 1. The quantitative estimate of drug-likeness (QED) is 0.806. The predicted molar refractivity (Wildman–Crippen MR) is 77.0 cm³/mol. The lowest BCUT2D eigenvalue weighted by Gasteiger charge is -2.20. The van der Waals surface area contributed by atoms with Crippen molar-refractivity contribution in [2.24, 2.45) is 5.41 Å². The van der Waals surface area contributed by atoms with Crippen molar-refractivity contribution in [3.05, 3.63) is 70.0 Å². The largest absolute Gasteiger partial charge is 0.205 e. The van der Waals surface area contributed by atoms with Crippen molar-refractivity contribution < 1.29 is 4.39 Å². The van der Waals surface area contributed by atoms with Crippen LogP contribution in [0.15, 0.2) is 42.5 Å². The van der Waals surface area contributed by atoms with Gasteiger partial charge in [-0.1, -0.05) is 48.0 Å². The fourth-order valence-electron chi connectivity index (χ4n) is 2.99. The molecule has 0 saturated carbocycles. The van der Waals surface area contributed by atoms with E-state index in [1.165, 1.54) is 17.2 Å². The van der Waals surface area contributed by atoms with Gasteiger partial charge in [0, 0.05) is 0 Å². The third-order valence-corrected chi connectivity index (χ3v) is 4.27. The molecule has 2 aromatic carbocycles. The van der Waals surface area contributed by atoms with Gasteiger partial charge in [-0.15, -0.1) is 0 Å². The molecule has 0 spiro atoms. The first-order valence-corrected chi connectivity index (χ1v) is 6.92. The highest BCUT2D eigenvalue weighted by atomic mass is 35.5. The second-order valence-corrected chi connectivity index (χ2v) is 5.81. The standard InChI is InChI=1S/C17H13ClFN/c18-15-7-3-6-14(16(15)19)10-17(11-20)8-12-4-1-2-5-13(12)9-17/h1-7H,8-10H2. The van der Waals surface area contributed by atoms with Gasteiger partial charge in [0.25, 0.3) is 0 Å². The highest BCUT2D eigenvalue weighted by Gasteiger charge is 2.38. The van der Waals surface area contributed by atoms with E-state index in [9.17, 15) is 9.65 Å². The fraction of sp³-hybridized carbons (Fsp3) is 0.235. The van der Waals surface area contributed by atoms with Crippen LogP contribution in [-0.2, 0) is 19.3 Å². The van der Waals surface area contributed by atoms with Gasteiger partial charge in [0.05, 0.1) is 16.5 Å². The Morgan fingerprint density at radius 1 is 1.10 bits per heavy atom. The van der Waals surface area contributed by atoms with E-state index in [4.69, 9.17) is 11.6 Å². The molecule has 20 heavy (non-hydrogen) atoms. The van der Waals surface area contributed by atoms with Crippen LogP contribution in [0.5, 0.6) is 0 Å². The molecule has 1 aliphatic rings. The van der Waals surface area contributed by atoms with Crippen molar-refractivity contribution in [1.29, 1.82) is 5.26 Å². The summed E-state index contributed by atoms with van der Waals surface area (Å²) in [4.78, 5) is 0. The molecule has 2 aromatic rings. The Balaban J connectivity index is 1.94. The zero-order chi connectivity index (χ0) is 14.2. The molecule has 3 heteroatoms. The molecule has 1 nitrogen and oxygen atoms in total. The van der Waals surface area contributed by atoms with Crippen LogP contribution in [0, 0.1) is 22.6 Å². The van der Waals surface area contributed by atoms with Crippen molar-refractivity contribution >= 4 is 11.6 Å². The van der Waals surface area contributed by atoms with Gasteiger partial charge in [0.2, 0.25) is 0 Å². The monoisotopic (exact) mass is 285 g/mol. The van der Waals surface area contributed by atoms with Crippen molar-refractivity contribution in [3.63, 3.8) is 0 Å². The van der Waals surface area contributed by atoms with Crippen LogP contribution in [0.1, 0.15) is 16.7 Å². The van der Waals surface area contributed by atoms with Crippen LogP contribution in [0.2, 0.25) is 5.02 Å². The molecule has 0 radical (unpaired) electrons. The molecule has 0 atom stereocenters. The second kappa shape index (κ2) is 4.92. The van der Waals surface area contributed by atoms with Gasteiger partial charge >= 0.3 is 0 Å². The summed E-state index contributed by atoms with van der Waals surface area (Å²) in [6, 6.07) is 15.4. The van der Waals surface area contributed by atoms with Crippen molar-refractivity contribution in [2.75, 3.05) is 0 Å². The summed E-state index contributed by atoms with van der Waals surface area (Å²) in [7, 11) is 0. The first-order chi connectivity index (χ1) is 9.63. The highest BCUT2D eigenvalue weighted by Crippen LogP contribution is 2.40. The SMILES string of the molecule is N#CC1(Cc2cccc(Cl)c2F)Cc2ccccc2C1. The lowest BCUT2D eigenvalue weighted by molar-refractivity contribution is 0.409. The van der Waals surface area contributed by atoms with Crippen LogP contribution in [0.3, 0.4) is 0 Å². The maximum Gasteiger partial charge on any atom is 0.145 e. The summed E-state index contributed by atoms with van der Waals surface area (Å²) in [5, 5.41) is 9.72. The first kappa shape index (κ1) is 13.1. The minimum atomic E-state index is -0.560. The van der Waals surface area contributed by atoms with E-state index in [1.54, 1.807) is 12.1 Å². The molecule has 1 aliphatic carbocycles. The van der Waals surface area contributed by atoms with Crippen molar-refractivity contribution in [2.45, 2.75) is 19.3 Å². The molecule has 3 rings (SSSR count). The number of benzene rings is 2. The molecule has 0 bridgehead atoms. The molecular formula is C17H13ClFN. The molecule has 0 N–H and O–H groups in total. The summed E-state index contributed by atoms with van der Waals surface area (Å²) in [5.41, 5.74) is 2.34. The molecule has 0 aromatic heterocycles. The fourth-order valence-corrected chi connectivity index (χ4v) is 3.18. The Labute approximate surface area is 122 Å². The van der Waals surface area contributed by atoms with Crippen molar-refractivity contribution in [1.82, 2.24) is 0 Å².